The van der Waals surface area contributed by atoms with E-state index in [0.717, 1.165) is 5.56 Å². The first kappa shape index (κ1) is 43.8. The minimum Gasteiger partial charge on any atom is -0.481 e. The van der Waals surface area contributed by atoms with Gasteiger partial charge in [-0.3, -0.25) is 28.8 Å². The van der Waals surface area contributed by atoms with Gasteiger partial charge < -0.3 is 43.6 Å². The largest absolute Gasteiger partial charge is 0.481 e. The van der Waals surface area contributed by atoms with Gasteiger partial charge in [0.05, 0.1) is 18.0 Å². The summed E-state index contributed by atoms with van der Waals surface area (Å²) in [4.78, 5) is 79.8. The maximum absolute atomic E-state index is 13.9. The topological polar surface area (TPSA) is 249 Å². The van der Waals surface area contributed by atoms with E-state index in [1.807, 2.05) is 44.2 Å². The quantitative estimate of drug-likeness (QED) is 0.0757. The molecule has 0 aliphatic carbocycles. The Kier molecular flexibility index (Phi) is 20.2. The standard InChI is InChI=1S/C38H59N7O7/c1-25(2)23-27(38(51)52)24-33(46)29(20-12-15-26-13-4-3-5-14-26)42-35(48)31-17-7-6-16-28(41)34(47)43-30(18-8-10-21-39)36(49)45-32(37(50)44-31)19-9-11-22-40/h3-7,12-15,25,27-32H,8-11,16-24,39-41H2,1-2H3,(H,42,48)(H,43,47)(H,44,50)(H,45,49)(H,51,52)/b7-6?,15-12+/t27-,28+,29+,30+,31+,32+/m1/s1. The van der Waals surface area contributed by atoms with Crippen molar-refractivity contribution in [2.75, 3.05) is 13.1 Å². The van der Waals surface area contributed by atoms with E-state index in [1.165, 1.54) is 0 Å². The number of aliphatic carboxylic acids is 1. The number of carbonyl (C=O) groups excluding carboxylic acids is 5. The minimum atomic E-state index is -1.18. The molecule has 1 aromatic carbocycles. The van der Waals surface area contributed by atoms with Crippen LogP contribution in [0.4, 0.5) is 0 Å². The number of amides is 4. The van der Waals surface area contributed by atoms with Crippen molar-refractivity contribution in [2.45, 2.75) is 115 Å². The van der Waals surface area contributed by atoms with Crippen LogP contribution in [0.3, 0.4) is 0 Å². The lowest BCUT2D eigenvalue weighted by molar-refractivity contribution is -0.144. The summed E-state index contributed by atoms with van der Waals surface area (Å²) in [7, 11) is 0. The number of nitrogens with one attached hydrogen (secondary N) is 4. The molecule has 6 atom stereocenters. The normalized spacial score (nSPS) is 21.5. The molecule has 0 aromatic heterocycles. The fourth-order valence-corrected chi connectivity index (χ4v) is 5.83. The van der Waals surface area contributed by atoms with E-state index in [-0.39, 0.29) is 50.9 Å². The Morgan fingerprint density at radius 3 is 2.02 bits per heavy atom. The van der Waals surface area contributed by atoms with Gasteiger partial charge in [-0.05, 0) is 88.8 Å². The molecule has 0 fully saturated rings. The van der Waals surface area contributed by atoms with Crippen molar-refractivity contribution in [3.8, 4) is 0 Å². The number of carbonyl (C=O) groups is 6. The van der Waals surface area contributed by atoms with E-state index in [1.54, 1.807) is 24.3 Å². The summed E-state index contributed by atoms with van der Waals surface area (Å²) in [6.45, 7) is 4.54. The predicted octanol–water partition coefficient (Wildman–Crippen LogP) is 1.67. The first-order valence-electron chi connectivity index (χ1n) is 18.3. The zero-order valence-corrected chi connectivity index (χ0v) is 30.6. The van der Waals surface area contributed by atoms with E-state index in [2.05, 4.69) is 21.3 Å². The Morgan fingerprint density at radius 2 is 1.44 bits per heavy atom. The van der Waals surface area contributed by atoms with Gasteiger partial charge in [-0.2, -0.15) is 0 Å². The molecule has 2 rings (SSSR count). The highest BCUT2D eigenvalue weighted by Gasteiger charge is 2.32. The third kappa shape index (κ3) is 16.3. The van der Waals surface area contributed by atoms with Crippen molar-refractivity contribution in [3.63, 3.8) is 0 Å². The van der Waals surface area contributed by atoms with E-state index in [9.17, 15) is 33.9 Å². The lowest BCUT2D eigenvalue weighted by Gasteiger charge is -2.27. The maximum atomic E-state index is 13.9. The van der Waals surface area contributed by atoms with Crippen LogP contribution in [-0.4, -0.2) is 83.8 Å². The average Bonchev–Trinajstić information content (AvgIpc) is 3.10. The molecule has 1 aliphatic rings. The first-order chi connectivity index (χ1) is 24.9. The Balaban J connectivity index is 2.41. The number of hydrogen-bond donors (Lipinski definition) is 8. The van der Waals surface area contributed by atoms with Crippen molar-refractivity contribution in [2.24, 2.45) is 29.0 Å². The van der Waals surface area contributed by atoms with Gasteiger partial charge in [-0.15, -0.1) is 0 Å². The fraction of sp³-hybridized carbons (Fsp3) is 0.579. The Hall–Kier alpha value is -4.40. The Labute approximate surface area is 307 Å². The Bertz CT molecular complexity index is 1370. The maximum Gasteiger partial charge on any atom is 0.306 e. The molecule has 0 bridgehead atoms. The summed E-state index contributed by atoms with van der Waals surface area (Å²) >= 11 is 0. The van der Waals surface area contributed by atoms with Crippen molar-refractivity contribution in [1.82, 2.24) is 21.3 Å². The molecule has 52 heavy (non-hydrogen) atoms. The molecule has 0 radical (unpaired) electrons. The van der Waals surface area contributed by atoms with Crippen molar-refractivity contribution in [3.05, 3.63) is 54.1 Å². The summed E-state index contributed by atoms with van der Waals surface area (Å²) in [5.41, 5.74) is 18.3. The molecular formula is C38H59N7O7. The van der Waals surface area contributed by atoms with E-state index >= 15 is 0 Å². The number of nitrogens with two attached hydrogens (primary N) is 3. The monoisotopic (exact) mass is 725 g/mol. The zero-order valence-electron chi connectivity index (χ0n) is 30.6. The molecule has 14 nitrogen and oxygen atoms in total. The average molecular weight is 726 g/mol. The van der Waals surface area contributed by atoms with E-state index in [0.29, 0.717) is 38.8 Å². The molecule has 0 saturated carbocycles. The fourth-order valence-electron chi connectivity index (χ4n) is 5.83. The van der Waals surface area contributed by atoms with Gasteiger partial charge in [0.25, 0.3) is 0 Å². The number of Topliss-reactive ketones (excluding diaryl/α,β-unsaturated/α-hetero) is 1. The van der Waals surface area contributed by atoms with Gasteiger partial charge in [0.1, 0.15) is 18.1 Å². The van der Waals surface area contributed by atoms with Crippen LogP contribution in [0.2, 0.25) is 0 Å². The Morgan fingerprint density at radius 1 is 0.865 bits per heavy atom. The SMILES string of the molecule is CC(C)C[C@H](CC(=O)[C@H](C/C=C/c1ccccc1)NC(=O)[C@@H]1CC=CC[C@H](N)C(=O)N[C@@H](CCCCN)C(=O)N[C@@H](CCCCN)C(=O)N1)C(=O)O. The highest BCUT2D eigenvalue weighted by Crippen LogP contribution is 2.19. The molecule has 0 unspecified atom stereocenters. The van der Waals surface area contributed by atoms with Gasteiger partial charge in [-0.25, -0.2) is 0 Å². The van der Waals surface area contributed by atoms with E-state index < -0.39 is 71.5 Å². The lowest BCUT2D eigenvalue weighted by atomic mass is 9.90. The second kappa shape index (κ2) is 24.0. The number of unbranched alkanes of at least 4 members (excludes halogenated alkanes) is 2. The number of carboxylic acids is 1. The van der Waals surface area contributed by atoms with Gasteiger partial charge >= 0.3 is 5.97 Å². The molecule has 4 amide bonds. The molecule has 14 heteroatoms. The summed E-state index contributed by atoms with van der Waals surface area (Å²) in [6, 6.07) is 4.12. The minimum absolute atomic E-state index is 0.0110. The molecule has 288 valence electrons. The van der Waals surface area contributed by atoms with Crippen LogP contribution in [0.25, 0.3) is 6.08 Å². The van der Waals surface area contributed by atoms with Gasteiger partial charge in [0.2, 0.25) is 23.6 Å². The zero-order chi connectivity index (χ0) is 38.5. The van der Waals surface area contributed by atoms with Crippen LogP contribution in [0.1, 0.15) is 90.0 Å². The third-order valence-corrected chi connectivity index (χ3v) is 8.80. The molecule has 0 spiro atoms. The second-order valence-electron chi connectivity index (χ2n) is 13.7. The van der Waals surface area contributed by atoms with Crippen LogP contribution in [0, 0.1) is 11.8 Å². The highest BCUT2D eigenvalue weighted by atomic mass is 16.4. The number of ketones is 1. The number of carboxylic acid groups (broad SMARTS) is 1. The van der Waals surface area contributed by atoms with Crippen LogP contribution < -0.4 is 38.5 Å². The molecule has 1 aromatic rings. The predicted molar refractivity (Wildman–Crippen MR) is 200 cm³/mol. The summed E-state index contributed by atoms with van der Waals surface area (Å²) in [5.74, 6) is -4.82. The third-order valence-electron chi connectivity index (χ3n) is 8.80. The van der Waals surface area contributed by atoms with Crippen LogP contribution in [0.5, 0.6) is 0 Å². The molecule has 11 N–H and O–H groups in total. The lowest BCUT2D eigenvalue weighted by Crippen LogP contribution is -2.58. The molecular weight excluding hydrogens is 666 g/mol. The van der Waals surface area contributed by atoms with Crippen molar-refractivity contribution < 1.29 is 33.9 Å². The van der Waals surface area contributed by atoms with Gasteiger partial charge in [0, 0.05) is 6.42 Å². The van der Waals surface area contributed by atoms with Crippen LogP contribution in [-0.2, 0) is 28.8 Å². The summed E-state index contributed by atoms with van der Waals surface area (Å²) < 4.78 is 0. The van der Waals surface area contributed by atoms with Gasteiger partial charge in [0.15, 0.2) is 5.78 Å². The molecule has 0 saturated heterocycles. The molecule has 1 heterocycles. The van der Waals surface area contributed by atoms with Gasteiger partial charge in [-0.1, -0.05) is 68.5 Å². The number of hydrogen-bond acceptors (Lipinski definition) is 9. The van der Waals surface area contributed by atoms with Crippen LogP contribution in [0.15, 0.2) is 48.6 Å². The van der Waals surface area contributed by atoms with E-state index in [4.69, 9.17) is 17.2 Å². The highest BCUT2D eigenvalue weighted by molar-refractivity contribution is 5.96. The molecule has 1 aliphatic heterocycles. The summed E-state index contributed by atoms with van der Waals surface area (Å²) in [5, 5.41) is 20.8. The number of rotatable bonds is 19. The van der Waals surface area contributed by atoms with Crippen molar-refractivity contribution in [1.29, 1.82) is 0 Å². The smallest absolute Gasteiger partial charge is 0.306 e. The summed E-state index contributed by atoms with van der Waals surface area (Å²) in [6.07, 6.45) is 9.76. The first-order valence-corrected chi connectivity index (χ1v) is 18.3. The van der Waals surface area contributed by atoms with Crippen LogP contribution >= 0.6 is 0 Å². The van der Waals surface area contributed by atoms with Crippen molar-refractivity contribution >= 4 is 41.5 Å². The second-order valence-corrected chi connectivity index (χ2v) is 13.7. The number of benzene rings is 1.